The van der Waals surface area contributed by atoms with Crippen LogP contribution in [0.2, 0.25) is 0 Å². The molecule has 2 aromatic carbocycles. The van der Waals surface area contributed by atoms with Gasteiger partial charge in [-0.1, -0.05) is 48.5 Å². The lowest BCUT2D eigenvalue weighted by atomic mass is 9.98. The van der Waals surface area contributed by atoms with Crippen molar-refractivity contribution in [2.24, 2.45) is 0 Å². The second kappa shape index (κ2) is 8.12. The number of hydrogen-bond acceptors (Lipinski definition) is 4. The van der Waals surface area contributed by atoms with E-state index < -0.39 is 30.1 Å². The van der Waals surface area contributed by atoms with Crippen LogP contribution < -0.4 is 10.6 Å². The summed E-state index contributed by atoms with van der Waals surface area (Å²) in [6.07, 6.45) is -0.729. The fourth-order valence-electron chi connectivity index (χ4n) is 3.28. The lowest BCUT2D eigenvalue weighted by Crippen LogP contribution is -2.49. The number of hydrogen-bond donors (Lipinski definition) is 3. The van der Waals surface area contributed by atoms with Gasteiger partial charge in [0, 0.05) is 5.92 Å². The smallest absolute Gasteiger partial charge is 0.407 e. The molecule has 0 radical (unpaired) electrons. The minimum atomic E-state index is -1.15. The van der Waals surface area contributed by atoms with E-state index in [9.17, 15) is 14.4 Å². The van der Waals surface area contributed by atoms with Gasteiger partial charge in [0.15, 0.2) is 0 Å². The van der Waals surface area contributed by atoms with Crippen molar-refractivity contribution in [2.45, 2.75) is 31.8 Å². The van der Waals surface area contributed by atoms with Gasteiger partial charge < -0.3 is 20.5 Å². The number of carboxylic acids is 1. The molecule has 7 heteroatoms. The number of nitrogens with one attached hydrogen (secondary N) is 2. The highest BCUT2D eigenvalue weighted by molar-refractivity contribution is 5.88. The number of ether oxygens (including phenoxy) is 1. The lowest BCUT2D eigenvalue weighted by molar-refractivity contribution is -0.141. The van der Waals surface area contributed by atoms with Crippen LogP contribution in [-0.4, -0.2) is 41.8 Å². The summed E-state index contributed by atoms with van der Waals surface area (Å²) in [6.45, 7) is 2.95. The Bertz CT molecular complexity index is 866. The Kier molecular flexibility index (Phi) is 5.63. The molecule has 1 aliphatic rings. The standard InChI is InChI=1S/C21H22N2O5/c1-12(19(24)22-13(2)20(25)26)23-21(27)28-11-18-16-9-5-3-7-14(16)15-8-4-6-10-17(15)18/h3-10,12-13,18H,11H2,1-2H3,(H,22,24)(H,23,27)(H,25,26)/t12?,13-/m1/s1. The fourth-order valence-corrected chi connectivity index (χ4v) is 3.28. The highest BCUT2D eigenvalue weighted by Gasteiger charge is 2.29. The van der Waals surface area contributed by atoms with E-state index >= 15 is 0 Å². The van der Waals surface area contributed by atoms with E-state index in [0.29, 0.717) is 0 Å². The maximum atomic E-state index is 12.1. The third kappa shape index (κ3) is 3.98. The number of aliphatic carboxylic acids is 1. The Hall–Kier alpha value is -3.35. The van der Waals surface area contributed by atoms with Crippen LogP contribution in [0.15, 0.2) is 48.5 Å². The van der Waals surface area contributed by atoms with Crippen molar-refractivity contribution in [1.29, 1.82) is 0 Å². The lowest BCUT2D eigenvalue weighted by Gasteiger charge is -2.18. The minimum absolute atomic E-state index is 0.0747. The van der Waals surface area contributed by atoms with Gasteiger partial charge in [-0.25, -0.2) is 4.79 Å². The number of fused-ring (bicyclic) bond motifs is 3. The van der Waals surface area contributed by atoms with E-state index in [1.165, 1.54) is 13.8 Å². The first-order chi connectivity index (χ1) is 13.4. The van der Waals surface area contributed by atoms with Gasteiger partial charge in [0.25, 0.3) is 0 Å². The molecule has 2 amide bonds. The molecule has 0 aromatic heterocycles. The molecule has 0 aliphatic heterocycles. The quantitative estimate of drug-likeness (QED) is 0.712. The first-order valence-corrected chi connectivity index (χ1v) is 9.03. The first kappa shape index (κ1) is 19.4. The number of alkyl carbamates (subject to hydrolysis) is 1. The summed E-state index contributed by atoms with van der Waals surface area (Å²) in [4.78, 5) is 34.9. The van der Waals surface area contributed by atoms with Crippen LogP contribution in [0.5, 0.6) is 0 Å². The van der Waals surface area contributed by atoms with E-state index in [1.54, 1.807) is 0 Å². The number of carbonyl (C=O) groups excluding carboxylic acids is 2. The molecule has 2 atom stereocenters. The van der Waals surface area contributed by atoms with E-state index in [1.807, 2.05) is 48.5 Å². The average molecular weight is 382 g/mol. The van der Waals surface area contributed by atoms with E-state index in [-0.39, 0.29) is 12.5 Å². The third-order valence-electron chi connectivity index (χ3n) is 4.80. The summed E-state index contributed by atoms with van der Waals surface area (Å²) >= 11 is 0. The zero-order chi connectivity index (χ0) is 20.3. The van der Waals surface area contributed by atoms with Crippen molar-refractivity contribution in [3.8, 4) is 11.1 Å². The van der Waals surface area contributed by atoms with Crippen molar-refractivity contribution < 1.29 is 24.2 Å². The minimum Gasteiger partial charge on any atom is -0.480 e. The Morgan fingerprint density at radius 1 is 0.929 bits per heavy atom. The molecule has 0 saturated carbocycles. The van der Waals surface area contributed by atoms with Gasteiger partial charge in [-0.05, 0) is 36.1 Å². The van der Waals surface area contributed by atoms with E-state index in [0.717, 1.165) is 22.3 Å². The molecule has 28 heavy (non-hydrogen) atoms. The number of benzene rings is 2. The summed E-state index contributed by atoms with van der Waals surface area (Å²) in [6, 6.07) is 14.0. The van der Waals surface area contributed by atoms with Crippen LogP contribution in [0.4, 0.5) is 4.79 Å². The SMILES string of the molecule is CC(NC(=O)OCC1c2ccccc2-c2ccccc21)C(=O)N[C@H](C)C(=O)O. The van der Waals surface area contributed by atoms with Gasteiger partial charge in [-0.3, -0.25) is 9.59 Å². The molecule has 2 aromatic rings. The predicted octanol–water partition coefficient (Wildman–Crippen LogP) is 2.50. The fraction of sp³-hybridized carbons (Fsp3) is 0.286. The van der Waals surface area contributed by atoms with Crippen molar-refractivity contribution in [1.82, 2.24) is 10.6 Å². The van der Waals surface area contributed by atoms with Crippen molar-refractivity contribution in [2.75, 3.05) is 6.61 Å². The summed E-state index contributed by atoms with van der Waals surface area (Å²) < 4.78 is 5.37. The molecule has 1 aliphatic carbocycles. The van der Waals surface area contributed by atoms with Crippen LogP contribution in [0, 0.1) is 0 Å². The van der Waals surface area contributed by atoms with Gasteiger partial charge in [0.1, 0.15) is 18.7 Å². The highest BCUT2D eigenvalue weighted by Crippen LogP contribution is 2.44. The molecule has 0 heterocycles. The van der Waals surface area contributed by atoms with Crippen LogP contribution >= 0.6 is 0 Å². The second-order valence-electron chi connectivity index (χ2n) is 6.76. The zero-order valence-electron chi connectivity index (χ0n) is 15.6. The van der Waals surface area contributed by atoms with Crippen LogP contribution in [-0.2, 0) is 14.3 Å². The molecule has 0 bridgehead atoms. The Balaban J connectivity index is 1.61. The maximum absolute atomic E-state index is 12.1. The van der Waals surface area contributed by atoms with Gasteiger partial charge in [-0.15, -0.1) is 0 Å². The number of carboxylic acid groups (broad SMARTS) is 1. The van der Waals surface area contributed by atoms with Gasteiger partial charge in [-0.2, -0.15) is 0 Å². The summed E-state index contributed by atoms with van der Waals surface area (Å²) in [7, 11) is 0. The molecule has 146 valence electrons. The largest absolute Gasteiger partial charge is 0.480 e. The molecule has 0 saturated heterocycles. The Morgan fingerprint density at radius 2 is 1.46 bits per heavy atom. The number of carbonyl (C=O) groups is 3. The van der Waals surface area contributed by atoms with Crippen LogP contribution in [0.3, 0.4) is 0 Å². The zero-order valence-corrected chi connectivity index (χ0v) is 15.6. The normalized spacial score (nSPS) is 14.4. The van der Waals surface area contributed by atoms with Crippen molar-refractivity contribution >= 4 is 18.0 Å². The average Bonchev–Trinajstić information content (AvgIpc) is 3.00. The van der Waals surface area contributed by atoms with E-state index in [4.69, 9.17) is 9.84 Å². The number of amides is 2. The van der Waals surface area contributed by atoms with Gasteiger partial charge >= 0.3 is 12.1 Å². The molecular weight excluding hydrogens is 360 g/mol. The predicted molar refractivity (Wildman–Crippen MR) is 103 cm³/mol. The summed E-state index contributed by atoms with van der Waals surface area (Å²) in [5, 5.41) is 13.6. The molecule has 1 unspecified atom stereocenters. The Labute approximate surface area is 162 Å². The molecule has 3 N–H and O–H groups in total. The maximum Gasteiger partial charge on any atom is 0.407 e. The highest BCUT2D eigenvalue weighted by atomic mass is 16.5. The Morgan fingerprint density at radius 3 is 2.00 bits per heavy atom. The molecule has 7 nitrogen and oxygen atoms in total. The number of rotatable bonds is 6. The topological polar surface area (TPSA) is 105 Å². The van der Waals surface area contributed by atoms with Gasteiger partial charge in [0.2, 0.25) is 5.91 Å². The first-order valence-electron chi connectivity index (χ1n) is 9.03. The van der Waals surface area contributed by atoms with E-state index in [2.05, 4.69) is 10.6 Å². The second-order valence-corrected chi connectivity index (χ2v) is 6.76. The molecule has 0 fully saturated rings. The van der Waals surface area contributed by atoms with Gasteiger partial charge in [0.05, 0.1) is 0 Å². The van der Waals surface area contributed by atoms with Crippen LogP contribution in [0.25, 0.3) is 11.1 Å². The molecule has 3 rings (SSSR count). The van der Waals surface area contributed by atoms with Crippen LogP contribution in [0.1, 0.15) is 30.9 Å². The molecule has 0 spiro atoms. The van der Waals surface area contributed by atoms with Crippen molar-refractivity contribution in [3.05, 3.63) is 59.7 Å². The summed E-state index contributed by atoms with van der Waals surface area (Å²) in [5.74, 6) is -1.82. The summed E-state index contributed by atoms with van der Waals surface area (Å²) in [5.41, 5.74) is 4.44. The monoisotopic (exact) mass is 382 g/mol. The van der Waals surface area contributed by atoms with Crippen molar-refractivity contribution in [3.63, 3.8) is 0 Å². The third-order valence-corrected chi connectivity index (χ3v) is 4.80. The molecular formula is C21H22N2O5.